The first-order chi connectivity index (χ1) is 18.1. The Balaban J connectivity index is 2.08. The van der Waals surface area contributed by atoms with Crippen molar-refractivity contribution >= 4 is 27.5 Å². The Kier molecular flexibility index (Phi) is 9.69. The Labute approximate surface area is 226 Å². The molecule has 0 aromatic heterocycles. The molecule has 0 fully saturated rings. The minimum absolute atomic E-state index is 0.0976. The number of hydrogen-bond acceptors (Lipinski definition) is 4. The zero-order chi connectivity index (χ0) is 27.9. The van der Waals surface area contributed by atoms with E-state index in [0.29, 0.717) is 18.7 Å². The summed E-state index contributed by atoms with van der Waals surface area (Å²) in [7, 11) is -4.08. The Bertz CT molecular complexity index is 1340. The van der Waals surface area contributed by atoms with Gasteiger partial charge in [-0.2, -0.15) is 0 Å². The van der Waals surface area contributed by atoms with Gasteiger partial charge in [-0.15, -0.1) is 0 Å². The van der Waals surface area contributed by atoms with Crippen LogP contribution in [0.4, 0.5) is 5.69 Å². The van der Waals surface area contributed by atoms with Crippen LogP contribution in [0, 0.1) is 20.8 Å². The van der Waals surface area contributed by atoms with Gasteiger partial charge < -0.3 is 10.2 Å². The molecule has 38 heavy (non-hydrogen) atoms. The van der Waals surface area contributed by atoms with Crippen LogP contribution in [0.25, 0.3) is 0 Å². The molecule has 3 aromatic carbocycles. The average molecular weight is 536 g/mol. The second-order valence-corrected chi connectivity index (χ2v) is 11.4. The van der Waals surface area contributed by atoms with Crippen molar-refractivity contribution in [2.24, 2.45) is 0 Å². The van der Waals surface area contributed by atoms with Gasteiger partial charge in [0.25, 0.3) is 10.0 Å². The highest BCUT2D eigenvalue weighted by molar-refractivity contribution is 7.92. The standard InChI is InChI=1S/C30H37N3O4S/c1-6-28(30(35)31-7-2)32(20-25-11-9-8-10-12-25)29(34)21-33(26-18-23(4)17-24(5)19-26)38(36,37)27-15-13-22(3)14-16-27/h8-19,28H,6-7,20-21H2,1-5H3,(H,31,35). The fraction of sp³-hybridized carbons (Fsp3) is 0.333. The lowest BCUT2D eigenvalue weighted by Gasteiger charge is -2.33. The summed E-state index contributed by atoms with van der Waals surface area (Å²) in [4.78, 5) is 28.5. The summed E-state index contributed by atoms with van der Waals surface area (Å²) in [6.45, 7) is 9.49. The number of carbonyl (C=O) groups is 2. The van der Waals surface area contributed by atoms with E-state index in [1.54, 1.807) is 36.4 Å². The van der Waals surface area contributed by atoms with Crippen molar-refractivity contribution in [3.05, 3.63) is 95.1 Å². The highest BCUT2D eigenvalue weighted by Gasteiger charge is 2.33. The number of amides is 2. The van der Waals surface area contributed by atoms with Crippen LogP contribution in [-0.4, -0.2) is 44.3 Å². The molecule has 1 N–H and O–H groups in total. The summed E-state index contributed by atoms with van der Waals surface area (Å²) in [6, 6.07) is 20.7. The monoisotopic (exact) mass is 535 g/mol. The van der Waals surface area contributed by atoms with Crippen molar-refractivity contribution in [1.29, 1.82) is 0 Å². The van der Waals surface area contributed by atoms with Crippen molar-refractivity contribution in [3.63, 3.8) is 0 Å². The molecule has 1 atom stereocenters. The molecule has 0 bridgehead atoms. The van der Waals surface area contributed by atoms with Crippen molar-refractivity contribution in [2.45, 2.75) is 58.5 Å². The van der Waals surface area contributed by atoms with E-state index in [9.17, 15) is 18.0 Å². The Morgan fingerprint density at radius 1 is 0.842 bits per heavy atom. The first-order valence-corrected chi connectivity index (χ1v) is 14.3. The molecule has 7 nitrogen and oxygen atoms in total. The normalized spacial score (nSPS) is 12.0. The van der Waals surface area contributed by atoms with Crippen LogP contribution < -0.4 is 9.62 Å². The Morgan fingerprint density at radius 2 is 1.45 bits per heavy atom. The minimum Gasteiger partial charge on any atom is -0.355 e. The first-order valence-electron chi connectivity index (χ1n) is 12.9. The lowest BCUT2D eigenvalue weighted by Crippen LogP contribution is -2.52. The summed E-state index contributed by atoms with van der Waals surface area (Å²) in [5.41, 5.74) is 3.95. The summed E-state index contributed by atoms with van der Waals surface area (Å²) in [5, 5.41) is 2.81. The molecule has 0 saturated heterocycles. The predicted octanol–water partition coefficient (Wildman–Crippen LogP) is 4.75. The number of nitrogens with one attached hydrogen (secondary N) is 1. The van der Waals surface area contributed by atoms with Gasteiger partial charge in [-0.3, -0.25) is 13.9 Å². The zero-order valence-electron chi connectivity index (χ0n) is 22.8. The highest BCUT2D eigenvalue weighted by atomic mass is 32.2. The van der Waals surface area contributed by atoms with Gasteiger partial charge in [0.1, 0.15) is 12.6 Å². The lowest BCUT2D eigenvalue weighted by atomic mass is 10.1. The number of anilines is 1. The molecule has 0 aliphatic heterocycles. The van der Waals surface area contributed by atoms with Crippen LogP contribution in [-0.2, 0) is 26.2 Å². The van der Waals surface area contributed by atoms with Gasteiger partial charge in [-0.25, -0.2) is 8.42 Å². The van der Waals surface area contributed by atoms with E-state index in [0.717, 1.165) is 26.6 Å². The number of benzene rings is 3. The average Bonchev–Trinajstić information content (AvgIpc) is 2.87. The number of sulfonamides is 1. The van der Waals surface area contributed by atoms with Crippen LogP contribution >= 0.6 is 0 Å². The van der Waals surface area contributed by atoms with Gasteiger partial charge in [-0.05, 0) is 75.1 Å². The molecule has 0 saturated carbocycles. The molecule has 0 aliphatic rings. The maximum Gasteiger partial charge on any atom is 0.264 e. The molecule has 3 rings (SSSR count). The van der Waals surface area contributed by atoms with E-state index in [2.05, 4.69) is 5.32 Å². The van der Waals surface area contributed by atoms with Gasteiger partial charge in [0.05, 0.1) is 10.6 Å². The number of hydrogen-bond donors (Lipinski definition) is 1. The van der Waals surface area contributed by atoms with Gasteiger partial charge in [0.15, 0.2) is 0 Å². The largest absolute Gasteiger partial charge is 0.355 e. The molecular formula is C30H37N3O4S. The number of carbonyl (C=O) groups excluding carboxylic acids is 2. The minimum atomic E-state index is -4.08. The molecule has 0 heterocycles. The second kappa shape index (κ2) is 12.7. The molecule has 0 spiro atoms. The topological polar surface area (TPSA) is 86.8 Å². The molecule has 3 aromatic rings. The third-order valence-electron chi connectivity index (χ3n) is 6.31. The van der Waals surface area contributed by atoms with E-state index in [-0.39, 0.29) is 17.3 Å². The van der Waals surface area contributed by atoms with E-state index < -0.39 is 28.5 Å². The molecule has 1 unspecified atom stereocenters. The van der Waals surface area contributed by atoms with Crippen LogP contribution in [0.2, 0.25) is 0 Å². The maximum absolute atomic E-state index is 14.0. The molecule has 0 aliphatic carbocycles. The lowest BCUT2D eigenvalue weighted by molar-refractivity contribution is -0.140. The third-order valence-corrected chi connectivity index (χ3v) is 8.10. The Hall–Kier alpha value is -3.65. The molecule has 0 radical (unpaired) electrons. The zero-order valence-corrected chi connectivity index (χ0v) is 23.6. The predicted molar refractivity (Wildman–Crippen MR) is 151 cm³/mol. The molecular weight excluding hydrogens is 498 g/mol. The number of rotatable bonds is 11. The smallest absolute Gasteiger partial charge is 0.264 e. The van der Waals surface area contributed by atoms with Crippen molar-refractivity contribution in [1.82, 2.24) is 10.2 Å². The van der Waals surface area contributed by atoms with Crippen molar-refractivity contribution < 1.29 is 18.0 Å². The third kappa shape index (κ3) is 7.01. The van der Waals surface area contributed by atoms with Crippen molar-refractivity contribution in [2.75, 3.05) is 17.4 Å². The Morgan fingerprint density at radius 3 is 2.00 bits per heavy atom. The number of likely N-dealkylation sites (N-methyl/N-ethyl adjacent to an activating group) is 1. The fourth-order valence-electron chi connectivity index (χ4n) is 4.45. The van der Waals surface area contributed by atoms with Crippen molar-refractivity contribution in [3.8, 4) is 0 Å². The number of aryl methyl sites for hydroxylation is 3. The summed E-state index contributed by atoms with van der Waals surface area (Å²) in [6.07, 6.45) is 0.388. The van der Waals surface area contributed by atoms with Gasteiger partial charge in [-0.1, -0.05) is 61.0 Å². The van der Waals surface area contributed by atoms with Crippen LogP contribution in [0.3, 0.4) is 0 Å². The molecule has 202 valence electrons. The summed E-state index contributed by atoms with van der Waals surface area (Å²) in [5.74, 6) is -0.722. The quantitative estimate of drug-likeness (QED) is 0.384. The second-order valence-electron chi connectivity index (χ2n) is 9.50. The first kappa shape index (κ1) is 28.9. The van der Waals surface area contributed by atoms with E-state index in [4.69, 9.17) is 0 Å². The van der Waals surface area contributed by atoms with E-state index in [1.165, 1.54) is 4.90 Å². The summed E-state index contributed by atoms with van der Waals surface area (Å²) < 4.78 is 29.0. The van der Waals surface area contributed by atoms with Gasteiger partial charge >= 0.3 is 0 Å². The van der Waals surface area contributed by atoms with Crippen LogP contribution in [0.1, 0.15) is 42.5 Å². The fourth-order valence-corrected chi connectivity index (χ4v) is 5.85. The van der Waals surface area contributed by atoms with Crippen LogP contribution in [0.5, 0.6) is 0 Å². The van der Waals surface area contributed by atoms with E-state index in [1.807, 2.05) is 71.0 Å². The maximum atomic E-state index is 14.0. The molecule has 2 amide bonds. The van der Waals surface area contributed by atoms with Gasteiger partial charge in [0.2, 0.25) is 11.8 Å². The van der Waals surface area contributed by atoms with Crippen LogP contribution in [0.15, 0.2) is 77.7 Å². The summed E-state index contributed by atoms with van der Waals surface area (Å²) >= 11 is 0. The SMILES string of the molecule is CCNC(=O)C(CC)N(Cc1ccccc1)C(=O)CN(c1cc(C)cc(C)c1)S(=O)(=O)c1ccc(C)cc1. The van der Waals surface area contributed by atoms with E-state index >= 15 is 0 Å². The number of nitrogens with zero attached hydrogens (tertiary/aromatic N) is 2. The molecule has 8 heteroatoms. The van der Waals surface area contributed by atoms with Gasteiger partial charge in [0, 0.05) is 13.1 Å². The highest BCUT2D eigenvalue weighted by Crippen LogP contribution is 2.27.